The van der Waals surface area contributed by atoms with E-state index < -0.39 is 10.0 Å². The van der Waals surface area contributed by atoms with Gasteiger partial charge < -0.3 is 5.73 Å². The molecule has 0 spiro atoms. The van der Waals surface area contributed by atoms with E-state index in [1.165, 1.54) is 16.7 Å². The van der Waals surface area contributed by atoms with Gasteiger partial charge >= 0.3 is 0 Å². The van der Waals surface area contributed by atoms with Crippen LogP contribution in [0.1, 0.15) is 12.8 Å². The van der Waals surface area contributed by atoms with Crippen LogP contribution < -0.4 is 5.73 Å². The highest BCUT2D eigenvalue weighted by Crippen LogP contribution is 2.13. The molecule has 0 aliphatic heterocycles. The molecule has 0 unspecified atom stereocenters. The van der Waals surface area contributed by atoms with Crippen LogP contribution in [0.25, 0.3) is 0 Å². The normalized spacial score (nSPS) is 11.9. The van der Waals surface area contributed by atoms with Crippen molar-refractivity contribution in [1.29, 1.82) is 0 Å². The lowest BCUT2D eigenvalue weighted by molar-refractivity contribution is 0.475. The van der Waals surface area contributed by atoms with Gasteiger partial charge in [-0.15, -0.1) is 6.58 Å². The maximum atomic E-state index is 12.1. The van der Waals surface area contributed by atoms with Crippen molar-refractivity contribution in [3.05, 3.63) is 25.0 Å². The molecule has 0 aliphatic rings. The summed E-state index contributed by atoms with van der Waals surface area (Å²) in [5.41, 5.74) is 5.40. The van der Waals surface area contributed by atoms with Crippen molar-refractivity contribution < 1.29 is 8.42 Å². The quantitative estimate of drug-likeness (QED) is 0.696. The molecule has 0 aliphatic carbocycles. The summed E-state index contributed by atoms with van der Waals surface area (Å²) < 4.78 is 27.2. The first-order valence-electron chi connectivity index (χ1n) is 5.82. The fraction of sp³-hybridized carbons (Fsp3) is 0.545. The molecule has 0 aromatic carbocycles. The number of nitrogens with zero attached hydrogens (tertiary/aromatic N) is 3. The van der Waals surface area contributed by atoms with Crippen LogP contribution in [-0.4, -0.2) is 42.6 Å². The smallest absolute Gasteiger partial charge is 0.245 e. The van der Waals surface area contributed by atoms with E-state index in [9.17, 15) is 8.42 Å². The molecular weight excluding hydrogens is 252 g/mol. The zero-order valence-corrected chi connectivity index (χ0v) is 11.4. The summed E-state index contributed by atoms with van der Waals surface area (Å²) in [6, 6.07) is 0. The van der Waals surface area contributed by atoms with Gasteiger partial charge in [-0.1, -0.05) is 6.08 Å². The van der Waals surface area contributed by atoms with Gasteiger partial charge in [0, 0.05) is 26.3 Å². The van der Waals surface area contributed by atoms with Crippen molar-refractivity contribution in [1.82, 2.24) is 14.1 Å². The van der Waals surface area contributed by atoms with Crippen LogP contribution >= 0.6 is 0 Å². The largest absolute Gasteiger partial charge is 0.330 e. The maximum absolute atomic E-state index is 12.1. The first kappa shape index (κ1) is 14.9. The standard InChI is InChI=1S/C11H20N4O2S/c1-3-4-7-14(2)18(16,17)11-9-13-15(10-11)8-5-6-12/h3,9-10H,1,4-8,12H2,2H3. The third-order valence-electron chi connectivity index (χ3n) is 2.56. The molecule has 0 amide bonds. The first-order valence-corrected chi connectivity index (χ1v) is 7.26. The molecule has 7 heteroatoms. The number of aromatic nitrogens is 2. The molecule has 1 rings (SSSR count). The Hall–Kier alpha value is -1.18. The molecule has 0 fully saturated rings. The average molecular weight is 272 g/mol. The lowest BCUT2D eigenvalue weighted by Crippen LogP contribution is -2.27. The maximum Gasteiger partial charge on any atom is 0.245 e. The number of sulfonamides is 1. The molecule has 0 radical (unpaired) electrons. The molecule has 18 heavy (non-hydrogen) atoms. The number of nitrogens with two attached hydrogens (primary N) is 1. The van der Waals surface area contributed by atoms with Crippen LogP contribution in [0, 0.1) is 0 Å². The van der Waals surface area contributed by atoms with Gasteiger partial charge in [-0.05, 0) is 19.4 Å². The zero-order valence-electron chi connectivity index (χ0n) is 10.6. The lowest BCUT2D eigenvalue weighted by Gasteiger charge is -2.14. The Morgan fingerprint density at radius 3 is 2.94 bits per heavy atom. The highest BCUT2D eigenvalue weighted by molar-refractivity contribution is 7.89. The van der Waals surface area contributed by atoms with E-state index in [4.69, 9.17) is 5.73 Å². The molecular formula is C11H20N4O2S. The first-order chi connectivity index (χ1) is 8.52. The lowest BCUT2D eigenvalue weighted by atomic mass is 10.4. The van der Waals surface area contributed by atoms with Gasteiger partial charge in [-0.25, -0.2) is 12.7 Å². The predicted octanol–water partition coefficient (Wildman–Crippen LogP) is 0.429. The molecule has 1 aromatic rings. The Morgan fingerprint density at radius 2 is 2.33 bits per heavy atom. The molecule has 0 atom stereocenters. The summed E-state index contributed by atoms with van der Waals surface area (Å²) in [5, 5.41) is 4.02. The van der Waals surface area contributed by atoms with Crippen molar-refractivity contribution >= 4 is 10.0 Å². The van der Waals surface area contributed by atoms with Crippen molar-refractivity contribution in [2.45, 2.75) is 24.3 Å². The third kappa shape index (κ3) is 3.66. The number of hydrogen-bond acceptors (Lipinski definition) is 4. The van der Waals surface area contributed by atoms with E-state index in [0.717, 1.165) is 6.42 Å². The minimum Gasteiger partial charge on any atom is -0.330 e. The van der Waals surface area contributed by atoms with Crippen molar-refractivity contribution in [3.8, 4) is 0 Å². The topological polar surface area (TPSA) is 81.2 Å². The van der Waals surface area contributed by atoms with E-state index in [1.54, 1.807) is 17.8 Å². The average Bonchev–Trinajstić information content (AvgIpc) is 2.82. The van der Waals surface area contributed by atoms with Gasteiger partial charge in [0.25, 0.3) is 0 Å². The number of hydrogen-bond donors (Lipinski definition) is 1. The van der Waals surface area contributed by atoms with Crippen LogP contribution in [0.3, 0.4) is 0 Å². The van der Waals surface area contributed by atoms with Crippen molar-refractivity contribution in [3.63, 3.8) is 0 Å². The molecule has 0 bridgehead atoms. The van der Waals surface area contributed by atoms with E-state index in [-0.39, 0.29) is 4.90 Å². The van der Waals surface area contributed by atoms with E-state index in [0.29, 0.717) is 26.1 Å². The van der Waals surface area contributed by atoms with Gasteiger partial charge in [0.1, 0.15) is 4.90 Å². The highest BCUT2D eigenvalue weighted by Gasteiger charge is 2.21. The van der Waals surface area contributed by atoms with E-state index >= 15 is 0 Å². The zero-order chi connectivity index (χ0) is 13.6. The SMILES string of the molecule is C=CCCN(C)S(=O)(=O)c1cnn(CCCN)c1. The summed E-state index contributed by atoms with van der Waals surface area (Å²) in [7, 11) is -1.89. The fourth-order valence-corrected chi connectivity index (χ4v) is 2.57. The van der Waals surface area contributed by atoms with Gasteiger partial charge in [0.15, 0.2) is 0 Å². The monoisotopic (exact) mass is 272 g/mol. The minimum atomic E-state index is -3.44. The summed E-state index contributed by atoms with van der Waals surface area (Å²) >= 11 is 0. The minimum absolute atomic E-state index is 0.214. The molecule has 2 N–H and O–H groups in total. The Bertz CT molecular complexity index is 481. The molecule has 1 heterocycles. The third-order valence-corrected chi connectivity index (χ3v) is 4.37. The van der Waals surface area contributed by atoms with Crippen molar-refractivity contribution in [2.24, 2.45) is 5.73 Å². The van der Waals surface area contributed by atoms with Gasteiger partial charge in [0.05, 0.1) is 6.20 Å². The number of aryl methyl sites for hydroxylation is 1. The van der Waals surface area contributed by atoms with Gasteiger partial charge in [-0.2, -0.15) is 5.10 Å². The number of rotatable bonds is 8. The Morgan fingerprint density at radius 1 is 1.61 bits per heavy atom. The van der Waals surface area contributed by atoms with Crippen LogP contribution in [0.15, 0.2) is 29.9 Å². The second-order valence-corrected chi connectivity index (χ2v) is 6.03. The molecule has 6 nitrogen and oxygen atoms in total. The molecule has 102 valence electrons. The van der Waals surface area contributed by atoms with E-state index in [1.807, 2.05) is 0 Å². The Labute approximate surface area is 108 Å². The second kappa shape index (κ2) is 6.67. The summed E-state index contributed by atoms with van der Waals surface area (Å²) in [6.45, 7) is 5.18. The van der Waals surface area contributed by atoms with Crippen LogP contribution in [-0.2, 0) is 16.6 Å². The predicted molar refractivity (Wildman–Crippen MR) is 70.5 cm³/mol. The van der Waals surface area contributed by atoms with Crippen molar-refractivity contribution in [2.75, 3.05) is 20.1 Å². The summed E-state index contributed by atoms with van der Waals surface area (Å²) in [6.07, 6.45) is 5.99. The van der Waals surface area contributed by atoms with E-state index in [2.05, 4.69) is 11.7 Å². The Balaban J connectivity index is 2.78. The van der Waals surface area contributed by atoms with Crippen LogP contribution in [0.2, 0.25) is 0 Å². The van der Waals surface area contributed by atoms with Crippen LogP contribution in [0.5, 0.6) is 0 Å². The van der Waals surface area contributed by atoms with Gasteiger partial charge in [0.2, 0.25) is 10.0 Å². The molecule has 0 saturated carbocycles. The summed E-state index contributed by atoms with van der Waals surface area (Å²) in [5.74, 6) is 0. The fourth-order valence-electron chi connectivity index (χ4n) is 1.43. The molecule has 0 saturated heterocycles. The summed E-state index contributed by atoms with van der Waals surface area (Å²) in [4.78, 5) is 0.214. The van der Waals surface area contributed by atoms with Crippen LogP contribution in [0.4, 0.5) is 0 Å². The Kier molecular flexibility index (Phi) is 5.52. The van der Waals surface area contributed by atoms with Gasteiger partial charge in [-0.3, -0.25) is 4.68 Å². The second-order valence-electron chi connectivity index (χ2n) is 3.99. The molecule has 1 aromatic heterocycles. The highest BCUT2D eigenvalue weighted by atomic mass is 32.2.